The molecule has 29 heavy (non-hydrogen) atoms. The molecule has 0 unspecified atom stereocenters. The number of halogens is 1. The van der Waals surface area contributed by atoms with Gasteiger partial charge in [-0.05, 0) is 30.3 Å². The van der Waals surface area contributed by atoms with Crippen LogP contribution in [0.5, 0.6) is 5.75 Å². The van der Waals surface area contributed by atoms with E-state index in [0.717, 1.165) is 36.6 Å². The lowest BCUT2D eigenvalue weighted by Gasteiger charge is -2.29. The number of rotatable bonds is 6. The smallest absolute Gasteiger partial charge is 0.326 e. The zero-order chi connectivity index (χ0) is 20.6. The van der Waals surface area contributed by atoms with Gasteiger partial charge in [0.25, 0.3) is 5.91 Å². The molecule has 0 bridgehead atoms. The molecule has 0 aromatic heterocycles. The van der Waals surface area contributed by atoms with Crippen LogP contribution >= 0.6 is 0 Å². The Labute approximate surface area is 169 Å². The number of benzene rings is 2. The van der Waals surface area contributed by atoms with Crippen molar-refractivity contribution in [1.29, 1.82) is 0 Å². The van der Waals surface area contributed by atoms with Crippen LogP contribution in [0.3, 0.4) is 0 Å². The van der Waals surface area contributed by atoms with E-state index in [-0.39, 0.29) is 18.3 Å². The highest BCUT2D eigenvalue weighted by molar-refractivity contribution is 6.01. The first-order valence-corrected chi connectivity index (χ1v) is 9.69. The van der Waals surface area contributed by atoms with E-state index in [1.54, 1.807) is 25.3 Å². The van der Waals surface area contributed by atoms with Crippen molar-refractivity contribution in [3.05, 3.63) is 59.9 Å². The number of hydrogen-bond acceptors (Lipinski definition) is 3. The average molecular weight is 402 g/mol. The van der Waals surface area contributed by atoms with E-state index in [1.807, 2.05) is 18.2 Å². The maximum absolute atomic E-state index is 13.5. The molecule has 1 heterocycles. The highest BCUT2D eigenvalue weighted by Gasteiger charge is 2.26. The van der Waals surface area contributed by atoms with E-state index in [0.29, 0.717) is 18.0 Å². The lowest BCUT2D eigenvalue weighted by atomic mass is 10.1. The summed E-state index contributed by atoms with van der Waals surface area (Å²) in [6, 6.07) is 13.0. The van der Waals surface area contributed by atoms with Crippen LogP contribution in [-0.2, 0) is 11.3 Å². The van der Waals surface area contributed by atoms with Gasteiger partial charge in [-0.25, -0.2) is 9.18 Å². The van der Waals surface area contributed by atoms with Crippen molar-refractivity contribution in [3.63, 3.8) is 0 Å². The molecule has 0 atom stereocenters. The van der Waals surface area contributed by atoms with Crippen molar-refractivity contribution < 1.29 is 28.5 Å². The molecule has 4 N–H and O–H groups in total. The molecular weight excluding hydrogens is 375 g/mol. The molecule has 1 aliphatic heterocycles. The standard InChI is InChI=1S/C21H25FN4O3/c1-29-19-8-7-17(22)13-16(19)14-25-9-11-26(12-10-25)15-20(27)24-21(28)23-18-5-3-2-4-6-18/h2-8,13H,9-12,14-15H2,1H3,(H2,23,24,27,28)/p+2. The van der Waals surface area contributed by atoms with E-state index in [4.69, 9.17) is 4.74 Å². The summed E-state index contributed by atoms with van der Waals surface area (Å²) in [5.41, 5.74) is 1.48. The maximum Gasteiger partial charge on any atom is 0.326 e. The van der Waals surface area contributed by atoms with Crippen LogP contribution in [0.1, 0.15) is 5.56 Å². The van der Waals surface area contributed by atoms with Gasteiger partial charge in [-0.3, -0.25) is 10.1 Å². The highest BCUT2D eigenvalue weighted by Crippen LogP contribution is 2.18. The molecule has 2 aromatic carbocycles. The third-order valence-electron chi connectivity index (χ3n) is 5.04. The number of carbonyl (C=O) groups excluding carboxylic acids is 2. The van der Waals surface area contributed by atoms with Gasteiger partial charge in [0, 0.05) is 5.69 Å². The molecule has 8 heteroatoms. The first kappa shape index (κ1) is 20.8. The number of urea groups is 1. The van der Waals surface area contributed by atoms with E-state index < -0.39 is 6.03 Å². The Morgan fingerprint density at radius 1 is 1.03 bits per heavy atom. The first-order valence-electron chi connectivity index (χ1n) is 9.69. The number of anilines is 1. The Balaban J connectivity index is 1.42. The number of nitrogens with one attached hydrogen (secondary N) is 4. The first-order chi connectivity index (χ1) is 14.0. The highest BCUT2D eigenvalue weighted by atomic mass is 19.1. The Morgan fingerprint density at radius 2 is 1.72 bits per heavy atom. The third-order valence-corrected chi connectivity index (χ3v) is 5.04. The van der Waals surface area contributed by atoms with Crippen LogP contribution in [0.2, 0.25) is 0 Å². The van der Waals surface area contributed by atoms with E-state index in [1.165, 1.54) is 17.0 Å². The molecule has 2 aromatic rings. The number of piperazine rings is 1. The van der Waals surface area contributed by atoms with E-state index in [2.05, 4.69) is 10.6 Å². The van der Waals surface area contributed by atoms with Gasteiger partial charge in [0.2, 0.25) is 0 Å². The number of amides is 3. The van der Waals surface area contributed by atoms with E-state index in [9.17, 15) is 14.0 Å². The van der Waals surface area contributed by atoms with E-state index >= 15 is 0 Å². The van der Waals surface area contributed by atoms with Crippen molar-refractivity contribution in [2.24, 2.45) is 0 Å². The zero-order valence-electron chi connectivity index (χ0n) is 16.5. The molecule has 0 spiro atoms. The third kappa shape index (κ3) is 6.27. The largest absolute Gasteiger partial charge is 0.496 e. The van der Waals surface area contributed by atoms with Crippen LogP contribution in [-0.4, -0.2) is 51.8 Å². The predicted molar refractivity (Wildman–Crippen MR) is 107 cm³/mol. The number of para-hydroxylation sites is 1. The molecule has 0 saturated carbocycles. The number of quaternary nitrogens is 2. The average Bonchev–Trinajstić information content (AvgIpc) is 2.70. The summed E-state index contributed by atoms with van der Waals surface area (Å²) in [6.07, 6.45) is 0. The van der Waals surface area contributed by atoms with Gasteiger partial charge in [-0.1, -0.05) is 18.2 Å². The predicted octanol–water partition coefficient (Wildman–Crippen LogP) is -0.534. The minimum atomic E-state index is -0.525. The summed E-state index contributed by atoms with van der Waals surface area (Å²) in [5, 5.41) is 5.01. The van der Waals surface area contributed by atoms with Crippen LogP contribution in [0.15, 0.2) is 48.5 Å². The Bertz CT molecular complexity index is 839. The zero-order valence-corrected chi connectivity index (χ0v) is 16.5. The molecule has 154 valence electrons. The number of hydrogen-bond donors (Lipinski definition) is 4. The number of methoxy groups -OCH3 is 1. The van der Waals surface area contributed by atoms with Crippen LogP contribution in [0.25, 0.3) is 0 Å². The van der Waals surface area contributed by atoms with Gasteiger partial charge in [-0.15, -0.1) is 0 Å². The minimum absolute atomic E-state index is 0.249. The maximum atomic E-state index is 13.5. The summed E-state index contributed by atoms with van der Waals surface area (Å²) in [5.74, 6) is 0.121. The number of carbonyl (C=O) groups is 2. The van der Waals surface area contributed by atoms with Crippen LogP contribution < -0.4 is 25.2 Å². The molecule has 1 fully saturated rings. The molecular formula is C21H27FN4O3+2. The van der Waals surface area contributed by atoms with Gasteiger partial charge >= 0.3 is 6.03 Å². The Kier molecular flexibility index (Phi) is 7.15. The summed E-state index contributed by atoms with van der Waals surface area (Å²) < 4.78 is 18.9. The SMILES string of the molecule is COc1ccc(F)cc1C[NH+]1CC[NH+](CC(=O)NC(=O)Nc2ccccc2)CC1. The molecule has 0 aliphatic carbocycles. The molecule has 7 nitrogen and oxygen atoms in total. The van der Waals surface area contributed by atoms with Gasteiger partial charge < -0.3 is 19.9 Å². The number of ether oxygens (including phenoxy) is 1. The van der Waals surface area contributed by atoms with Gasteiger partial charge in [0.15, 0.2) is 6.54 Å². The molecule has 3 amide bonds. The van der Waals surface area contributed by atoms with Crippen molar-refractivity contribution in [2.45, 2.75) is 6.54 Å². The van der Waals surface area contributed by atoms with Crippen LogP contribution in [0, 0.1) is 5.82 Å². The second kappa shape index (κ2) is 9.99. The van der Waals surface area contributed by atoms with Crippen molar-refractivity contribution >= 4 is 17.6 Å². The van der Waals surface area contributed by atoms with Gasteiger partial charge in [0.1, 0.15) is 44.3 Å². The van der Waals surface area contributed by atoms with Crippen molar-refractivity contribution in [2.75, 3.05) is 45.2 Å². The van der Waals surface area contributed by atoms with Crippen LogP contribution in [0.4, 0.5) is 14.9 Å². The lowest BCUT2D eigenvalue weighted by molar-refractivity contribution is -1.02. The lowest BCUT2D eigenvalue weighted by Crippen LogP contribution is -3.28. The topological polar surface area (TPSA) is 76.3 Å². The number of imide groups is 1. The Hall–Kier alpha value is -2.97. The fourth-order valence-corrected chi connectivity index (χ4v) is 3.55. The van der Waals surface area contributed by atoms with Gasteiger partial charge in [0.05, 0.1) is 12.7 Å². The van der Waals surface area contributed by atoms with Crippen molar-refractivity contribution in [3.8, 4) is 5.75 Å². The quantitative estimate of drug-likeness (QED) is 0.525. The van der Waals surface area contributed by atoms with Crippen molar-refractivity contribution in [1.82, 2.24) is 5.32 Å². The fourth-order valence-electron chi connectivity index (χ4n) is 3.55. The second-order valence-corrected chi connectivity index (χ2v) is 7.18. The summed E-state index contributed by atoms with van der Waals surface area (Å²) in [7, 11) is 1.58. The fraction of sp³-hybridized carbons (Fsp3) is 0.333. The molecule has 1 saturated heterocycles. The minimum Gasteiger partial charge on any atom is -0.496 e. The molecule has 1 aliphatic rings. The second-order valence-electron chi connectivity index (χ2n) is 7.18. The monoisotopic (exact) mass is 402 g/mol. The molecule has 3 rings (SSSR count). The van der Waals surface area contributed by atoms with Gasteiger partial charge in [-0.2, -0.15) is 0 Å². The molecule has 0 radical (unpaired) electrons. The summed E-state index contributed by atoms with van der Waals surface area (Å²) in [4.78, 5) is 26.5. The summed E-state index contributed by atoms with van der Waals surface area (Å²) >= 11 is 0. The normalized spacial score (nSPS) is 18.7. The Morgan fingerprint density at radius 3 is 2.41 bits per heavy atom. The summed E-state index contributed by atoms with van der Waals surface area (Å²) in [6.45, 7) is 4.26.